The zero-order valence-corrected chi connectivity index (χ0v) is 15.7. The van der Waals surface area contributed by atoms with E-state index in [9.17, 15) is 14.0 Å². The van der Waals surface area contributed by atoms with Crippen LogP contribution in [0.25, 0.3) is 0 Å². The minimum absolute atomic E-state index is 0.0500. The van der Waals surface area contributed by atoms with Crippen molar-refractivity contribution in [1.82, 2.24) is 9.80 Å². The summed E-state index contributed by atoms with van der Waals surface area (Å²) in [5, 5.41) is 0. The van der Waals surface area contributed by atoms with Gasteiger partial charge < -0.3 is 19.1 Å². The van der Waals surface area contributed by atoms with Crippen LogP contribution in [0.5, 0.6) is 0 Å². The van der Waals surface area contributed by atoms with Crippen molar-refractivity contribution in [3.05, 3.63) is 59.8 Å². The normalized spacial score (nSPS) is 16.9. The van der Waals surface area contributed by atoms with E-state index >= 15 is 0 Å². The smallest absolute Gasteiger partial charge is 0.289 e. The third-order valence-corrected chi connectivity index (χ3v) is 5.09. The average molecular weight is 374 g/mol. The predicted molar refractivity (Wildman–Crippen MR) is 97.6 cm³/mol. The van der Waals surface area contributed by atoms with E-state index in [0.29, 0.717) is 38.5 Å². The second-order valence-corrected chi connectivity index (χ2v) is 6.97. The van der Waals surface area contributed by atoms with Crippen LogP contribution < -0.4 is 4.90 Å². The Hall–Kier alpha value is -2.67. The molecule has 2 aromatic rings. The van der Waals surface area contributed by atoms with E-state index in [1.807, 2.05) is 20.0 Å². The van der Waals surface area contributed by atoms with Crippen molar-refractivity contribution in [2.24, 2.45) is 0 Å². The van der Waals surface area contributed by atoms with Crippen molar-refractivity contribution in [3.63, 3.8) is 0 Å². The second-order valence-electron chi connectivity index (χ2n) is 6.97. The van der Waals surface area contributed by atoms with Gasteiger partial charge in [-0.1, -0.05) is 12.1 Å². The number of nitrogens with zero attached hydrogens (tertiary/aromatic N) is 2. The molecule has 1 N–H and O–H groups in total. The summed E-state index contributed by atoms with van der Waals surface area (Å²) in [6, 6.07) is 9.54. The second kappa shape index (κ2) is 8.35. The van der Waals surface area contributed by atoms with Crippen molar-refractivity contribution in [2.75, 3.05) is 33.2 Å². The Bertz CT molecular complexity index is 786. The molecule has 0 spiro atoms. The van der Waals surface area contributed by atoms with Gasteiger partial charge in [0.05, 0.1) is 13.3 Å². The molecular weight excluding hydrogens is 349 g/mol. The van der Waals surface area contributed by atoms with Crippen molar-refractivity contribution in [1.29, 1.82) is 0 Å². The largest absolute Gasteiger partial charge is 0.459 e. The summed E-state index contributed by atoms with van der Waals surface area (Å²) in [6.07, 6.45) is 1.48. The number of quaternary nitrogens is 1. The monoisotopic (exact) mass is 374 g/mol. The Morgan fingerprint density at radius 3 is 2.48 bits per heavy atom. The van der Waals surface area contributed by atoms with Gasteiger partial charge in [0.25, 0.3) is 11.8 Å². The van der Waals surface area contributed by atoms with Crippen molar-refractivity contribution >= 4 is 11.8 Å². The number of amides is 2. The quantitative estimate of drug-likeness (QED) is 0.843. The lowest BCUT2D eigenvalue weighted by Crippen LogP contribution is -3.12. The molecular formula is C20H25FN3O3+. The Morgan fingerprint density at radius 1 is 1.15 bits per heavy atom. The highest BCUT2D eigenvalue weighted by atomic mass is 19.1. The molecule has 2 atom stereocenters. The first-order chi connectivity index (χ1) is 13.0. The van der Waals surface area contributed by atoms with E-state index < -0.39 is 0 Å². The third kappa shape index (κ3) is 4.54. The van der Waals surface area contributed by atoms with Crippen LogP contribution in [0.3, 0.4) is 0 Å². The highest BCUT2D eigenvalue weighted by molar-refractivity contribution is 5.91. The first-order valence-corrected chi connectivity index (χ1v) is 9.14. The highest BCUT2D eigenvalue weighted by Gasteiger charge is 2.31. The summed E-state index contributed by atoms with van der Waals surface area (Å²) in [5.74, 6) is -0.0398. The summed E-state index contributed by atoms with van der Waals surface area (Å²) in [7, 11) is 1.93. The van der Waals surface area contributed by atoms with Crippen LogP contribution in [0.15, 0.2) is 47.1 Å². The fourth-order valence-electron chi connectivity index (χ4n) is 3.29. The van der Waals surface area contributed by atoms with Gasteiger partial charge in [0, 0.05) is 31.7 Å². The molecule has 1 aliphatic rings. The molecule has 1 aliphatic heterocycles. The zero-order valence-electron chi connectivity index (χ0n) is 15.7. The number of furan rings is 1. The van der Waals surface area contributed by atoms with Crippen LogP contribution in [-0.2, 0) is 11.3 Å². The van der Waals surface area contributed by atoms with Gasteiger partial charge in [-0.25, -0.2) is 4.39 Å². The number of nitrogens with one attached hydrogen (secondary N) is 1. The van der Waals surface area contributed by atoms with Gasteiger partial charge in [0.15, 0.2) is 11.8 Å². The molecule has 2 heterocycles. The van der Waals surface area contributed by atoms with Crippen LogP contribution in [-0.4, -0.2) is 60.9 Å². The molecule has 144 valence electrons. The van der Waals surface area contributed by atoms with Crippen molar-refractivity contribution in [3.8, 4) is 0 Å². The Morgan fingerprint density at radius 2 is 1.85 bits per heavy atom. The summed E-state index contributed by atoms with van der Waals surface area (Å²) in [6.45, 7) is 4.44. The average Bonchev–Trinajstić information content (AvgIpc) is 3.21. The molecule has 0 aliphatic carbocycles. The van der Waals surface area contributed by atoms with Gasteiger partial charge in [-0.15, -0.1) is 0 Å². The zero-order chi connectivity index (χ0) is 19.4. The molecule has 0 radical (unpaired) electrons. The van der Waals surface area contributed by atoms with Crippen molar-refractivity contribution < 1.29 is 23.3 Å². The SMILES string of the molecule is C[C@H](C(=O)N1CCN(C(=O)c2ccco2)CC1)[NH+](C)Cc1cccc(F)c1. The van der Waals surface area contributed by atoms with Gasteiger partial charge in [-0.05, 0) is 31.2 Å². The summed E-state index contributed by atoms with van der Waals surface area (Å²) >= 11 is 0. The summed E-state index contributed by atoms with van der Waals surface area (Å²) < 4.78 is 18.5. The van der Waals surface area contributed by atoms with Gasteiger partial charge in [0.1, 0.15) is 12.4 Å². The molecule has 0 bridgehead atoms. The highest BCUT2D eigenvalue weighted by Crippen LogP contribution is 2.10. The molecule has 1 unspecified atom stereocenters. The molecule has 1 saturated heterocycles. The summed E-state index contributed by atoms with van der Waals surface area (Å²) in [4.78, 5) is 29.6. The number of halogens is 1. The molecule has 1 aromatic carbocycles. The minimum atomic E-state index is -0.267. The minimum Gasteiger partial charge on any atom is -0.459 e. The van der Waals surface area contributed by atoms with Crippen LogP contribution in [0.2, 0.25) is 0 Å². The molecule has 27 heavy (non-hydrogen) atoms. The third-order valence-electron chi connectivity index (χ3n) is 5.09. The standard InChI is InChI=1S/C20H24FN3O3/c1-15(22(2)14-16-5-3-6-17(21)13-16)19(25)23-8-10-24(11-9-23)20(26)18-7-4-12-27-18/h3-7,12-13,15H,8-11,14H2,1-2H3/p+1/t15-/m1/s1. The molecule has 6 nitrogen and oxygen atoms in total. The molecule has 0 saturated carbocycles. The van der Waals surface area contributed by atoms with Gasteiger partial charge in [-0.3, -0.25) is 9.59 Å². The number of rotatable bonds is 5. The first-order valence-electron chi connectivity index (χ1n) is 9.14. The Labute approximate surface area is 158 Å². The summed E-state index contributed by atoms with van der Waals surface area (Å²) in [5.41, 5.74) is 0.862. The maximum Gasteiger partial charge on any atom is 0.289 e. The van der Waals surface area contributed by atoms with Crippen LogP contribution >= 0.6 is 0 Å². The lowest BCUT2D eigenvalue weighted by Gasteiger charge is -2.36. The predicted octanol–water partition coefficient (Wildman–Crippen LogP) is 0.807. The van der Waals surface area contributed by atoms with Gasteiger partial charge >= 0.3 is 0 Å². The Kier molecular flexibility index (Phi) is 5.91. The van der Waals surface area contributed by atoms with Crippen LogP contribution in [0.1, 0.15) is 23.0 Å². The number of hydrogen-bond donors (Lipinski definition) is 1. The maximum absolute atomic E-state index is 13.3. The first kappa shape index (κ1) is 19.1. The van der Waals surface area contributed by atoms with E-state index in [2.05, 4.69) is 0 Å². The van der Waals surface area contributed by atoms with Gasteiger partial charge in [-0.2, -0.15) is 0 Å². The lowest BCUT2D eigenvalue weighted by molar-refractivity contribution is -0.908. The number of benzene rings is 1. The Balaban J connectivity index is 1.53. The van der Waals surface area contributed by atoms with E-state index in [1.54, 1.807) is 28.0 Å². The number of likely N-dealkylation sites (N-methyl/N-ethyl adjacent to an activating group) is 1. The van der Waals surface area contributed by atoms with E-state index in [4.69, 9.17) is 4.42 Å². The molecule has 1 aromatic heterocycles. The maximum atomic E-state index is 13.3. The topological polar surface area (TPSA) is 58.2 Å². The fraction of sp³-hybridized carbons (Fsp3) is 0.400. The molecule has 1 fully saturated rings. The van der Waals surface area contributed by atoms with Gasteiger partial charge in [0.2, 0.25) is 0 Å². The number of piperazine rings is 1. The van der Waals surface area contributed by atoms with E-state index in [1.165, 1.54) is 18.4 Å². The fourth-order valence-corrected chi connectivity index (χ4v) is 3.29. The van der Waals surface area contributed by atoms with Crippen molar-refractivity contribution in [2.45, 2.75) is 19.5 Å². The number of carbonyl (C=O) groups is 2. The number of hydrogen-bond acceptors (Lipinski definition) is 3. The van der Waals surface area contributed by atoms with E-state index in [-0.39, 0.29) is 23.7 Å². The van der Waals surface area contributed by atoms with E-state index in [0.717, 1.165) is 10.5 Å². The molecule has 2 amide bonds. The molecule has 7 heteroatoms. The van der Waals surface area contributed by atoms with Crippen LogP contribution in [0.4, 0.5) is 4.39 Å². The molecule has 3 rings (SSSR count). The number of carbonyl (C=O) groups excluding carboxylic acids is 2. The van der Waals surface area contributed by atoms with Crippen LogP contribution in [0, 0.1) is 5.82 Å². The lowest BCUT2D eigenvalue weighted by atomic mass is 10.1.